The molecule has 1 amide bonds. The van der Waals surface area contributed by atoms with Crippen molar-refractivity contribution in [2.45, 2.75) is 4.90 Å². The maximum atomic E-state index is 12.0. The van der Waals surface area contributed by atoms with E-state index in [0.29, 0.717) is 15.6 Å². The quantitative estimate of drug-likeness (QED) is 0.765. The highest BCUT2D eigenvalue weighted by Crippen LogP contribution is 2.15. The minimum Gasteiger partial charge on any atom is -0.351 e. The van der Waals surface area contributed by atoms with Crippen LogP contribution in [-0.4, -0.2) is 27.4 Å². The molecule has 23 heavy (non-hydrogen) atoms. The summed E-state index contributed by atoms with van der Waals surface area (Å²) in [7, 11) is -3.67. The van der Waals surface area contributed by atoms with Crippen LogP contribution in [0.1, 0.15) is 10.4 Å². The molecule has 0 saturated carbocycles. The van der Waals surface area contributed by atoms with Crippen molar-refractivity contribution < 1.29 is 13.2 Å². The number of carbonyl (C=O) groups is 1. The van der Waals surface area contributed by atoms with E-state index < -0.39 is 10.0 Å². The van der Waals surface area contributed by atoms with Crippen LogP contribution in [0.25, 0.3) is 0 Å². The lowest BCUT2D eigenvalue weighted by Crippen LogP contribution is -2.34. The third kappa shape index (κ3) is 4.94. The Morgan fingerprint density at radius 2 is 1.74 bits per heavy atom. The van der Waals surface area contributed by atoms with Crippen molar-refractivity contribution in [3.8, 4) is 0 Å². The number of sulfonamides is 1. The molecule has 0 unspecified atom stereocenters. The van der Waals surface area contributed by atoms with E-state index in [2.05, 4.69) is 10.0 Å². The number of nitrogens with one attached hydrogen (secondary N) is 2. The molecule has 2 rings (SSSR count). The fraction of sp³-hybridized carbons (Fsp3) is 0.133. The van der Waals surface area contributed by atoms with Gasteiger partial charge in [-0.25, -0.2) is 13.1 Å². The summed E-state index contributed by atoms with van der Waals surface area (Å²) in [6.45, 7) is 0.175. The summed E-state index contributed by atoms with van der Waals surface area (Å²) in [6, 6.07) is 12.6. The number of carbonyl (C=O) groups excluding carboxylic acids is 1. The number of amides is 1. The van der Waals surface area contributed by atoms with Gasteiger partial charge in [-0.3, -0.25) is 4.79 Å². The summed E-state index contributed by atoms with van der Waals surface area (Å²) >= 11 is 11.7. The Morgan fingerprint density at radius 3 is 2.43 bits per heavy atom. The van der Waals surface area contributed by atoms with E-state index in [0.717, 1.165) is 0 Å². The molecule has 0 aromatic heterocycles. The van der Waals surface area contributed by atoms with Crippen LogP contribution < -0.4 is 10.0 Å². The molecule has 0 saturated heterocycles. The Kier molecular flexibility index (Phi) is 6.01. The van der Waals surface area contributed by atoms with Crippen molar-refractivity contribution in [1.29, 1.82) is 0 Å². The SMILES string of the molecule is O=C(NCCNS(=O)(=O)c1cccc(Cl)c1)c1ccccc1Cl. The average Bonchev–Trinajstić information content (AvgIpc) is 2.52. The lowest BCUT2D eigenvalue weighted by atomic mass is 10.2. The Labute approximate surface area is 144 Å². The molecule has 0 fully saturated rings. The number of hydrogen-bond acceptors (Lipinski definition) is 3. The fourth-order valence-electron chi connectivity index (χ4n) is 1.82. The minimum absolute atomic E-state index is 0.0467. The normalized spacial score (nSPS) is 11.2. The summed E-state index contributed by atoms with van der Waals surface area (Å²) in [5, 5.41) is 3.27. The molecule has 5 nitrogen and oxygen atoms in total. The zero-order chi connectivity index (χ0) is 16.9. The van der Waals surface area contributed by atoms with Crippen molar-refractivity contribution in [2.24, 2.45) is 0 Å². The Morgan fingerprint density at radius 1 is 1.00 bits per heavy atom. The van der Waals surface area contributed by atoms with Gasteiger partial charge in [0.1, 0.15) is 0 Å². The van der Waals surface area contributed by atoms with Crippen molar-refractivity contribution in [1.82, 2.24) is 10.0 Å². The summed E-state index contributed by atoms with van der Waals surface area (Å²) in [6.07, 6.45) is 0. The Bertz CT molecular complexity index is 810. The van der Waals surface area contributed by atoms with E-state index in [1.54, 1.807) is 36.4 Å². The average molecular weight is 373 g/mol. The van der Waals surface area contributed by atoms with Crippen LogP contribution in [0.2, 0.25) is 10.0 Å². The maximum absolute atomic E-state index is 12.0. The van der Waals surface area contributed by atoms with Crippen LogP contribution in [0.3, 0.4) is 0 Å². The van der Waals surface area contributed by atoms with Gasteiger partial charge in [0, 0.05) is 18.1 Å². The predicted octanol–water partition coefficient (Wildman–Crippen LogP) is 2.70. The van der Waals surface area contributed by atoms with Gasteiger partial charge in [-0.1, -0.05) is 41.4 Å². The molecule has 0 bridgehead atoms. The fourth-order valence-corrected chi connectivity index (χ4v) is 3.37. The van der Waals surface area contributed by atoms with Crippen LogP contribution in [0.5, 0.6) is 0 Å². The molecule has 2 N–H and O–H groups in total. The predicted molar refractivity (Wildman–Crippen MR) is 90.4 cm³/mol. The standard InChI is InChI=1S/C15H14Cl2N2O3S/c16-11-4-3-5-12(10-11)23(21,22)19-9-8-18-15(20)13-6-1-2-7-14(13)17/h1-7,10,19H,8-9H2,(H,18,20). The first kappa shape index (κ1) is 17.7. The van der Waals surface area contributed by atoms with E-state index in [9.17, 15) is 13.2 Å². The molecule has 8 heteroatoms. The summed E-state index contributed by atoms with van der Waals surface area (Å²) in [5.74, 6) is -0.363. The van der Waals surface area contributed by atoms with E-state index in [-0.39, 0.29) is 23.9 Å². The number of benzene rings is 2. The molecule has 2 aromatic carbocycles. The molecule has 0 aliphatic heterocycles. The summed E-state index contributed by atoms with van der Waals surface area (Å²) < 4.78 is 26.5. The van der Waals surface area contributed by atoms with Crippen molar-refractivity contribution >= 4 is 39.1 Å². The van der Waals surface area contributed by atoms with Crippen LogP contribution in [0.15, 0.2) is 53.4 Å². The molecule has 2 aromatic rings. The van der Waals surface area contributed by atoms with E-state index in [1.807, 2.05) is 0 Å². The van der Waals surface area contributed by atoms with Crippen LogP contribution in [0.4, 0.5) is 0 Å². The largest absolute Gasteiger partial charge is 0.351 e. The number of halogens is 2. The van der Waals surface area contributed by atoms with Crippen molar-refractivity contribution in [3.63, 3.8) is 0 Å². The molecule has 122 valence electrons. The molecule has 0 atom stereocenters. The lowest BCUT2D eigenvalue weighted by Gasteiger charge is -2.09. The smallest absolute Gasteiger partial charge is 0.252 e. The van der Waals surface area contributed by atoms with Crippen LogP contribution in [-0.2, 0) is 10.0 Å². The molecule has 0 aliphatic rings. The minimum atomic E-state index is -3.67. The third-order valence-electron chi connectivity index (χ3n) is 2.93. The topological polar surface area (TPSA) is 75.3 Å². The first-order valence-electron chi connectivity index (χ1n) is 6.68. The molecular weight excluding hydrogens is 359 g/mol. The first-order chi connectivity index (χ1) is 10.9. The molecular formula is C15H14Cl2N2O3S. The van der Waals surface area contributed by atoms with Crippen molar-refractivity contribution in [3.05, 3.63) is 64.1 Å². The van der Waals surface area contributed by atoms with Gasteiger partial charge in [-0.05, 0) is 30.3 Å². The Balaban J connectivity index is 1.88. The maximum Gasteiger partial charge on any atom is 0.252 e. The second-order valence-corrected chi connectivity index (χ2v) is 7.20. The lowest BCUT2D eigenvalue weighted by molar-refractivity contribution is 0.0954. The first-order valence-corrected chi connectivity index (χ1v) is 8.92. The molecule has 0 spiro atoms. The van der Waals surface area contributed by atoms with Gasteiger partial charge in [-0.15, -0.1) is 0 Å². The van der Waals surface area contributed by atoms with Crippen LogP contribution in [0, 0.1) is 0 Å². The van der Waals surface area contributed by atoms with Gasteiger partial charge in [0.15, 0.2) is 0 Å². The van der Waals surface area contributed by atoms with Gasteiger partial charge >= 0.3 is 0 Å². The summed E-state index contributed by atoms with van der Waals surface area (Å²) in [4.78, 5) is 12.0. The zero-order valence-electron chi connectivity index (χ0n) is 11.9. The highest BCUT2D eigenvalue weighted by molar-refractivity contribution is 7.89. The Hall–Kier alpha value is -1.60. The number of hydrogen-bond donors (Lipinski definition) is 2. The highest BCUT2D eigenvalue weighted by Gasteiger charge is 2.14. The third-order valence-corrected chi connectivity index (χ3v) is 4.95. The van der Waals surface area contributed by atoms with Crippen LogP contribution >= 0.6 is 23.2 Å². The van der Waals surface area contributed by atoms with E-state index in [4.69, 9.17) is 23.2 Å². The van der Waals surface area contributed by atoms with Gasteiger partial charge in [0.05, 0.1) is 15.5 Å². The second kappa shape index (κ2) is 7.79. The van der Waals surface area contributed by atoms with Gasteiger partial charge < -0.3 is 5.32 Å². The summed E-state index contributed by atoms with van der Waals surface area (Å²) in [5.41, 5.74) is 0.340. The van der Waals surface area contributed by atoms with Gasteiger partial charge in [-0.2, -0.15) is 0 Å². The monoisotopic (exact) mass is 372 g/mol. The highest BCUT2D eigenvalue weighted by atomic mass is 35.5. The second-order valence-electron chi connectivity index (χ2n) is 4.59. The zero-order valence-corrected chi connectivity index (χ0v) is 14.3. The van der Waals surface area contributed by atoms with Crippen molar-refractivity contribution in [2.75, 3.05) is 13.1 Å². The van der Waals surface area contributed by atoms with Gasteiger partial charge in [0.2, 0.25) is 10.0 Å². The number of rotatable bonds is 6. The van der Waals surface area contributed by atoms with Gasteiger partial charge in [0.25, 0.3) is 5.91 Å². The molecule has 0 heterocycles. The molecule has 0 aliphatic carbocycles. The molecule has 0 radical (unpaired) electrons. The van der Waals surface area contributed by atoms with E-state index >= 15 is 0 Å². The van der Waals surface area contributed by atoms with E-state index in [1.165, 1.54) is 12.1 Å².